The second kappa shape index (κ2) is 4.48. The van der Waals surface area contributed by atoms with Crippen molar-refractivity contribution >= 4 is 50.0 Å². The standard InChI is InChI=1S/C21H11N3O3/c1-23-19(25)11-7-6-10-16-13(9-8-12(17(11)16)20(23)26)21(27)24-15-5-3-2-4-14(15)22-18(10)24/h2-9H,1H3. The molecule has 0 radical (unpaired) electrons. The van der Waals surface area contributed by atoms with Gasteiger partial charge in [0.05, 0.1) is 11.0 Å². The second-order valence-corrected chi connectivity index (χ2v) is 6.81. The molecule has 6 rings (SSSR count). The van der Waals surface area contributed by atoms with Gasteiger partial charge in [0, 0.05) is 39.7 Å². The molecule has 1 aliphatic heterocycles. The van der Waals surface area contributed by atoms with Crippen molar-refractivity contribution in [2.45, 2.75) is 0 Å². The number of aromatic nitrogens is 2. The van der Waals surface area contributed by atoms with Gasteiger partial charge in [-0.05, 0) is 36.4 Å². The maximum absolute atomic E-state index is 13.3. The van der Waals surface area contributed by atoms with Crippen LogP contribution in [-0.4, -0.2) is 33.1 Å². The van der Waals surface area contributed by atoms with Crippen molar-refractivity contribution in [1.82, 2.24) is 14.3 Å². The number of benzene rings is 3. The first kappa shape index (κ1) is 14.4. The maximum atomic E-state index is 13.3. The molecule has 6 nitrogen and oxygen atoms in total. The molecular weight excluding hydrogens is 342 g/mol. The molecule has 0 N–H and O–H groups in total. The Labute approximate surface area is 151 Å². The largest absolute Gasteiger partial charge is 0.277 e. The molecule has 0 saturated carbocycles. The smallest absolute Gasteiger partial charge is 0.264 e. The van der Waals surface area contributed by atoms with Crippen molar-refractivity contribution in [1.29, 1.82) is 0 Å². The van der Waals surface area contributed by atoms with Gasteiger partial charge in [0.1, 0.15) is 5.65 Å². The molecule has 0 fully saturated rings. The SMILES string of the molecule is CN1C(=O)c2ccc3c(=O)n4c5ccccc5nc4c4ccc(c2c34)C1=O. The normalized spacial score (nSPS) is 14.3. The zero-order chi connectivity index (χ0) is 18.4. The monoisotopic (exact) mass is 353 g/mol. The summed E-state index contributed by atoms with van der Waals surface area (Å²) < 4.78 is 1.60. The number of fused-ring (bicyclic) bond motifs is 4. The first-order valence-corrected chi connectivity index (χ1v) is 8.52. The van der Waals surface area contributed by atoms with Crippen LogP contribution in [0, 0.1) is 0 Å². The topological polar surface area (TPSA) is 71.8 Å². The highest BCUT2D eigenvalue weighted by atomic mass is 16.2. The van der Waals surface area contributed by atoms with Gasteiger partial charge in [0.2, 0.25) is 0 Å². The summed E-state index contributed by atoms with van der Waals surface area (Å²) in [6.07, 6.45) is 0. The van der Waals surface area contributed by atoms with E-state index in [1.54, 1.807) is 22.6 Å². The number of para-hydroxylation sites is 2. The first-order valence-electron chi connectivity index (χ1n) is 8.52. The van der Waals surface area contributed by atoms with Gasteiger partial charge in [-0.15, -0.1) is 0 Å². The van der Waals surface area contributed by atoms with Gasteiger partial charge in [0.15, 0.2) is 0 Å². The number of amides is 2. The third-order valence-electron chi connectivity index (χ3n) is 5.47. The average molecular weight is 353 g/mol. The van der Waals surface area contributed by atoms with E-state index in [1.165, 1.54) is 7.05 Å². The Morgan fingerprint density at radius 1 is 0.778 bits per heavy atom. The molecule has 1 aliphatic rings. The molecule has 0 spiro atoms. The molecule has 0 aliphatic carbocycles. The summed E-state index contributed by atoms with van der Waals surface area (Å²) in [5.41, 5.74) is 2.67. The highest BCUT2D eigenvalue weighted by Gasteiger charge is 2.32. The third kappa shape index (κ3) is 1.52. The van der Waals surface area contributed by atoms with Gasteiger partial charge in [-0.2, -0.15) is 0 Å². The van der Waals surface area contributed by atoms with Crippen LogP contribution in [-0.2, 0) is 0 Å². The second-order valence-electron chi connectivity index (χ2n) is 6.81. The highest BCUT2D eigenvalue weighted by Crippen LogP contribution is 2.36. The lowest BCUT2D eigenvalue weighted by Gasteiger charge is -2.24. The molecule has 5 aromatic rings. The summed E-state index contributed by atoms with van der Waals surface area (Å²) in [4.78, 5) is 44.2. The van der Waals surface area contributed by atoms with E-state index in [2.05, 4.69) is 4.98 Å². The molecule has 3 aromatic carbocycles. The molecule has 0 bridgehead atoms. The lowest BCUT2D eigenvalue weighted by molar-refractivity contribution is 0.0651. The lowest BCUT2D eigenvalue weighted by Crippen LogP contribution is -2.37. The predicted molar refractivity (Wildman–Crippen MR) is 102 cm³/mol. The van der Waals surface area contributed by atoms with Crippen LogP contribution < -0.4 is 5.56 Å². The lowest BCUT2D eigenvalue weighted by atomic mass is 9.90. The summed E-state index contributed by atoms with van der Waals surface area (Å²) in [5, 5.41) is 2.41. The number of hydrogen-bond donors (Lipinski definition) is 0. The number of nitrogens with zero attached hydrogens (tertiary/aromatic N) is 3. The summed E-state index contributed by atoms with van der Waals surface area (Å²) in [6.45, 7) is 0. The van der Waals surface area contributed by atoms with Crippen LogP contribution in [0.5, 0.6) is 0 Å². The fourth-order valence-corrected chi connectivity index (χ4v) is 4.20. The van der Waals surface area contributed by atoms with Crippen LogP contribution in [0.3, 0.4) is 0 Å². The third-order valence-corrected chi connectivity index (χ3v) is 5.47. The molecule has 2 aromatic heterocycles. The van der Waals surface area contributed by atoms with Crippen molar-refractivity contribution in [2.24, 2.45) is 0 Å². The van der Waals surface area contributed by atoms with Crippen molar-refractivity contribution in [3.63, 3.8) is 0 Å². The minimum Gasteiger partial charge on any atom is -0.277 e. The van der Waals surface area contributed by atoms with E-state index in [1.807, 2.05) is 30.3 Å². The maximum Gasteiger partial charge on any atom is 0.264 e. The summed E-state index contributed by atoms with van der Waals surface area (Å²) in [7, 11) is 1.47. The van der Waals surface area contributed by atoms with E-state index in [0.717, 1.165) is 21.3 Å². The first-order chi connectivity index (χ1) is 13.1. The van der Waals surface area contributed by atoms with E-state index in [0.29, 0.717) is 32.9 Å². The van der Waals surface area contributed by atoms with E-state index in [4.69, 9.17) is 0 Å². The number of imidazole rings is 1. The zero-order valence-corrected chi connectivity index (χ0v) is 14.2. The van der Waals surface area contributed by atoms with Gasteiger partial charge in [-0.1, -0.05) is 12.1 Å². The van der Waals surface area contributed by atoms with Crippen LogP contribution in [0.1, 0.15) is 20.7 Å². The fourth-order valence-electron chi connectivity index (χ4n) is 4.20. The van der Waals surface area contributed by atoms with Crippen LogP contribution in [0.15, 0.2) is 53.3 Å². The Kier molecular flexibility index (Phi) is 2.38. The Balaban J connectivity index is 1.97. The summed E-state index contributed by atoms with van der Waals surface area (Å²) >= 11 is 0. The summed E-state index contributed by atoms with van der Waals surface area (Å²) in [5.74, 6) is -0.717. The number of carbonyl (C=O) groups excluding carboxylic acids is 2. The van der Waals surface area contributed by atoms with Crippen molar-refractivity contribution in [3.05, 3.63) is 70.0 Å². The van der Waals surface area contributed by atoms with E-state index in [9.17, 15) is 14.4 Å². The molecular formula is C21H11N3O3. The number of hydrogen-bond acceptors (Lipinski definition) is 4. The Bertz CT molecular complexity index is 1530. The molecule has 0 atom stereocenters. The molecule has 2 amide bonds. The quantitative estimate of drug-likeness (QED) is 0.401. The highest BCUT2D eigenvalue weighted by molar-refractivity contribution is 6.31. The number of carbonyl (C=O) groups is 2. The Morgan fingerprint density at radius 2 is 1.44 bits per heavy atom. The number of imide groups is 1. The number of rotatable bonds is 0. The van der Waals surface area contributed by atoms with Crippen LogP contribution in [0.25, 0.3) is 38.2 Å². The van der Waals surface area contributed by atoms with Crippen molar-refractivity contribution < 1.29 is 9.59 Å². The minimum atomic E-state index is -0.359. The van der Waals surface area contributed by atoms with Gasteiger partial charge in [0.25, 0.3) is 17.4 Å². The predicted octanol–water partition coefficient (Wildman–Crippen LogP) is 2.82. The van der Waals surface area contributed by atoms with Gasteiger partial charge >= 0.3 is 0 Å². The van der Waals surface area contributed by atoms with Gasteiger partial charge in [-0.25, -0.2) is 4.98 Å². The molecule has 0 unspecified atom stereocenters. The Hall–Kier alpha value is -3.80. The summed E-state index contributed by atoms with van der Waals surface area (Å²) in [6, 6.07) is 14.3. The van der Waals surface area contributed by atoms with Gasteiger partial charge in [-0.3, -0.25) is 23.7 Å². The Morgan fingerprint density at radius 3 is 2.19 bits per heavy atom. The van der Waals surface area contributed by atoms with Crippen molar-refractivity contribution in [2.75, 3.05) is 7.05 Å². The van der Waals surface area contributed by atoms with Crippen LogP contribution in [0.2, 0.25) is 0 Å². The molecule has 6 heteroatoms. The molecule has 27 heavy (non-hydrogen) atoms. The van der Waals surface area contributed by atoms with Crippen LogP contribution >= 0.6 is 0 Å². The molecule has 128 valence electrons. The van der Waals surface area contributed by atoms with E-state index < -0.39 is 0 Å². The minimum absolute atomic E-state index is 0.200. The molecule has 3 heterocycles. The van der Waals surface area contributed by atoms with E-state index in [-0.39, 0.29) is 17.4 Å². The average Bonchev–Trinajstić information content (AvgIpc) is 3.08. The van der Waals surface area contributed by atoms with Crippen LogP contribution in [0.4, 0.5) is 0 Å². The number of pyridine rings is 1. The fraction of sp³-hybridized carbons (Fsp3) is 0.0476. The molecule has 0 saturated heterocycles. The van der Waals surface area contributed by atoms with Gasteiger partial charge < -0.3 is 0 Å². The zero-order valence-electron chi connectivity index (χ0n) is 14.2. The van der Waals surface area contributed by atoms with Crippen molar-refractivity contribution in [3.8, 4) is 0 Å². The van der Waals surface area contributed by atoms with E-state index >= 15 is 0 Å².